The summed E-state index contributed by atoms with van der Waals surface area (Å²) in [4.78, 5) is 4.91. The zero-order valence-electron chi connectivity index (χ0n) is 14.0. The van der Waals surface area contributed by atoms with E-state index < -0.39 is 0 Å². The summed E-state index contributed by atoms with van der Waals surface area (Å²) in [5.41, 5.74) is 5.84. The smallest absolute Gasteiger partial charge is 0.0718 e. The fourth-order valence-electron chi connectivity index (χ4n) is 3.24. The number of pyridine rings is 1. The first kappa shape index (κ1) is 14.6. The van der Waals surface area contributed by atoms with Crippen LogP contribution in [0.4, 0.5) is 0 Å². The molecule has 0 saturated heterocycles. The van der Waals surface area contributed by atoms with E-state index in [0.717, 1.165) is 11.2 Å². The molecule has 0 aliphatic heterocycles. The van der Waals surface area contributed by atoms with Gasteiger partial charge in [0.1, 0.15) is 0 Å². The van der Waals surface area contributed by atoms with Gasteiger partial charge >= 0.3 is 0 Å². The van der Waals surface area contributed by atoms with Crippen molar-refractivity contribution in [2.75, 3.05) is 0 Å². The lowest BCUT2D eigenvalue weighted by atomic mass is 9.97. The number of benzene rings is 3. The van der Waals surface area contributed by atoms with Gasteiger partial charge in [-0.1, -0.05) is 66.7 Å². The van der Waals surface area contributed by atoms with Crippen molar-refractivity contribution in [2.24, 2.45) is 0 Å². The summed E-state index contributed by atoms with van der Waals surface area (Å²) in [6.45, 7) is 4.36. The molecule has 4 aromatic rings. The fraction of sp³-hybridized carbons (Fsp3) is 0.0870. The Labute approximate surface area is 142 Å². The zero-order chi connectivity index (χ0) is 16.5. The van der Waals surface area contributed by atoms with Gasteiger partial charge in [0.05, 0.1) is 11.2 Å². The SMILES string of the molecule is Cc1c(/C=C\c2ccccc2)nc2ccc3ccccc3c2c1C. The molecule has 1 heteroatoms. The molecule has 1 heterocycles. The molecule has 1 aromatic heterocycles. The molecule has 0 aliphatic carbocycles. The standard InChI is InChI=1S/C23H19N/c1-16-17(2)23-20-11-7-6-10-19(20)13-15-22(23)24-21(16)14-12-18-8-4-3-5-9-18/h3-15H,1-2H3/b14-12-. The molecule has 1 nitrogen and oxygen atoms in total. The van der Waals surface area contributed by atoms with Gasteiger partial charge < -0.3 is 0 Å². The van der Waals surface area contributed by atoms with Crippen molar-refractivity contribution >= 4 is 33.8 Å². The lowest BCUT2D eigenvalue weighted by molar-refractivity contribution is 1.25. The number of hydrogen-bond acceptors (Lipinski definition) is 1. The van der Waals surface area contributed by atoms with E-state index in [1.54, 1.807) is 0 Å². The Hall–Kier alpha value is -2.93. The third-order valence-corrected chi connectivity index (χ3v) is 4.70. The second-order valence-electron chi connectivity index (χ2n) is 6.17. The van der Waals surface area contributed by atoms with Gasteiger partial charge in [-0.2, -0.15) is 0 Å². The highest BCUT2D eigenvalue weighted by Crippen LogP contribution is 2.30. The topological polar surface area (TPSA) is 12.9 Å². The third-order valence-electron chi connectivity index (χ3n) is 4.70. The van der Waals surface area contributed by atoms with Crippen LogP contribution in [0.5, 0.6) is 0 Å². The lowest BCUT2D eigenvalue weighted by Crippen LogP contribution is -1.94. The van der Waals surface area contributed by atoms with E-state index in [2.05, 4.69) is 86.7 Å². The normalized spacial score (nSPS) is 11.6. The van der Waals surface area contributed by atoms with Gasteiger partial charge in [0.25, 0.3) is 0 Å². The van der Waals surface area contributed by atoms with E-state index in [9.17, 15) is 0 Å². The molecule has 0 unspecified atom stereocenters. The first-order chi connectivity index (χ1) is 11.7. The van der Waals surface area contributed by atoms with Crippen LogP contribution in [0.1, 0.15) is 22.4 Å². The number of nitrogens with zero attached hydrogens (tertiary/aromatic N) is 1. The number of fused-ring (bicyclic) bond motifs is 3. The average molecular weight is 309 g/mol. The summed E-state index contributed by atoms with van der Waals surface area (Å²) in [5, 5.41) is 3.81. The first-order valence-electron chi connectivity index (χ1n) is 8.26. The van der Waals surface area contributed by atoms with Crippen molar-refractivity contribution in [1.29, 1.82) is 0 Å². The minimum Gasteiger partial charge on any atom is -0.248 e. The Bertz CT molecular complexity index is 1060. The Morgan fingerprint density at radius 3 is 2.29 bits per heavy atom. The summed E-state index contributed by atoms with van der Waals surface area (Å²) >= 11 is 0. The first-order valence-corrected chi connectivity index (χ1v) is 8.26. The Kier molecular flexibility index (Phi) is 3.62. The van der Waals surface area contributed by atoms with E-state index in [-0.39, 0.29) is 0 Å². The van der Waals surface area contributed by atoms with Crippen molar-refractivity contribution < 1.29 is 0 Å². The van der Waals surface area contributed by atoms with Crippen LogP contribution in [0.15, 0.2) is 66.7 Å². The van der Waals surface area contributed by atoms with Crippen LogP contribution in [0.2, 0.25) is 0 Å². The molecule has 0 saturated carbocycles. The predicted molar refractivity (Wildman–Crippen MR) is 104 cm³/mol. The van der Waals surface area contributed by atoms with E-state index in [4.69, 9.17) is 4.98 Å². The molecule has 24 heavy (non-hydrogen) atoms. The molecule has 0 bridgehead atoms. The maximum absolute atomic E-state index is 4.91. The van der Waals surface area contributed by atoms with Crippen LogP contribution in [-0.2, 0) is 0 Å². The molecule has 116 valence electrons. The summed E-state index contributed by atoms with van der Waals surface area (Å²) in [6.07, 6.45) is 4.24. The second kappa shape index (κ2) is 5.93. The largest absolute Gasteiger partial charge is 0.248 e. The molecule has 4 rings (SSSR count). The fourth-order valence-corrected chi connectivity index (χ4v) is 3.24. The minimum absolute atomic E-state index is 1.04. The van der Waals surface area contributed by atoms with Crippen molar-refractivity contribution in [1.82, 2.24) is 4.98 Å². The van der Waals surface area contributed by atoms with E-state index in [1.807, 2.05) is 6.07 Å². The molecule has 0 radical (unpaired) electrons. The van der Waals surface area contributed by atoms with E-state index in [1.165, 1.54) is 32.8 Å². The summed E-state index contributed by atoms with van der Waals surface area (Å²) in [7, 11) is 0. The van der Waals surface area contributed by atoms with Crippen molar-refractivity contribution in [3.63, 3.8) is 0 Å². The molecule has 0 fully saturated rings. The molecule has 3 aromatic carbocycles. The highest BCUT2D eigenvalue weighted by atomic mass is 14.7. The Morgan fingerprint density at radius 1 is 0.708 bits per heavy atom. The van der Waals surface area contributed by atoms with Crippen LogP contribution < -0.4 is 0 Å². The van der Waals surface area contributed by atoms with Gasteiger partial charge in [-0.25, -0.2) is 4.98 Å². The molecule has 0 amide bonds. The van der Waals surface area contributed by atoms with Crippen LogP contribution in [0.3, 0.4) is 0 Å². The number of rotatable bonds is 2. The molecule has 0 N–H and O–H groups in total. The highest BCUT2D eigenvalue weighted by Gasteiger charge is 2.09. The maximum Gasteiger partial charge on any atom is 0.0718 e. The van der Waals surface area contributed by atoms with E-state index in [0.29, 0.717) is 0 Å². The lowest BCUT2D eigenvalue weighted by Gasteiger charge is -2.11. The van der Waals surface area contributed by atoms with Gasteiger partial charge in [-0.3, -0.25) is 0 Å². The quantitative estimate of drug-likeness (QED) is 0.403. The average Bonchev–Trinajstić information content (AvgIpc) is 2.64. The molecular formula is C23H19N. The van der Waals surface area contributed by atoms with Gasteiger partial charge in [0, 0.05) is 5.39 Å². The summed E-state index contributed by atoms with van der Waals surface area (Å²) in [6, 6.07) is 23.2. The minimum atomic E-state index is 1.04. The Balaban J connectivity index is 1.91. The van der Waals surface area contributed by atoms with Gasteiger partial charge in [-0.15, -0.1) is 0 Å². The summed E-state index contributed by atoms with van der Waals surface area (Å²) in [5.74, 6) is 0. The van der Waals surface area contributed by atoms with Gasteiger partial charge in [0.15, 0.2) is 0 Å². The molecule has 0 atom stereocenters. The van der Waals surface area contributed by atoms with Crippen LogP contribution >= 0.6 is 0 Å². The van der Waals surface area contributed by atoms with Crippen LogP contribution in [0.25, 0.3) is 33.8 Å². The number of aryl methyl sites for hydroxylation is 1. The Morgan fingerprint density at radius 2 is 1.46 bits per heavy atom. The molecule has 0 aliphatic rings. The van der Waals surface area contributed by atoms with Crippen LogP contribution in [0, 0.1) is 13.8 Å². The van der Waals surface area contributed by atoms with Crippen molar-refractivity contribution in [3.8, 4) is 0 Å². The van der Waals surface area contributed by atoms with Gasteiger partial charge in [0.2, 0.25) is 0 Å². The summed E-state index contributed by atoms with van der Waals surface area (Å²) < 4.78 is 0. The van der Waals surface area contributed by atoms with E-state index >= 15 is 0 Å². The molecule has 0 spiro atoms. The van der Waals surface area contributed by atoms with Crippen LogP contribution in [-0.4, -0.2) is 4.98 Å². The number of aromatic nitrogens is 1. The van der Waals surface area contributed by atoms with Crippen molar-refractivity contribution in [2.45, 2.75) is 13.8 Å². The monoisotopic (exact) mass is 309 g/mol. The highest BCUT2D eigenvalue weighted by molar-refractivity contribution is 6.08. The predicted octanol–water partition coefficient (Wildman–Crippen LogP) is 6.18. The van der Waals surface area contributed by atoms with Gasteiger partial charge in [-0.05, 0) is 53.5 Å². The zero-order valence-corrected chi connectivity index (χ0v) is 14.0. The molecular weight excluding hydrogens is 290 g/mol. The maximum atomic E-state index is 4.91. The van der Waals surface area contributed by atoms with Crippen molar-refractivity contribution in [3.05, 3.63) is 89.1 Å². The second-order valence-corrected chi connectivity index (χ2v) is 6.17. The number of hydrogen-bond donors (Lipinski definition) is 0. The third kappa shape index (κ3) is 2.48.